The number of methoxy groups -OCH3 is 1. The van der Waals surface area contributed by atoms with E-state index in [0.717, 1.165) is 34.6 Å². The highest BCUT2D eigenvalue weighted by Crippen LogP contribution is 2.33. The van der Waals surface area contributed by atoms with Gasteiger partial charge in [-0.1, -0.05) is 52.0 Å². The Kier molecular flexibility index (Phi) is 6.76. The van der Waals surface area contributed by atoms with Crippen molar-refractivity contribution in [3.63, 3.8) is 0 Å². The molecule has 0 saturated heterocycles. The molecule has 1 aromatic carbocycles. The van der Waals surface area contributed by atoms with E-state index >= 15 is 0 Å². The van der Waals surface area contributed by atoms with Gasteiger partial charge in [0.25, 0.3) is 5.56 Å². The average molecular weight is 427 g/mol. The fourth-order valence-electron chi connectivity index (χ4n) is 3.56. The number of hydrogen-bond donors (Lipinski definition) is 0. The highest BCUT2D eigenvalue weighted by atomic mass is 32.1. The molecule has 160 valence electrons. The predicted octanol–water partition coefficient (Wildman–Crippen LogP) is 5.33. The van der Waals surface area contributed by atoms with Gasteiger partial charge in [-0.2, -0.15) is 0 Å². The van der Waals surface area contributed by atoms with Gasteiger partial charge in [0, 0.05) is 30.3 Å². The predicted molar refractivity (Wildman–Crippen MR) is 123 cm³/mol. The lowest BCUT2D eigenvalue weighted by Gasteiger charge is -2.19. The summed E-state index contributed by atoms with van der Waals surface area (Å²) in [5, 5.41) is 2.70. The third kappa shape index (κ3) is 4.64. The van der Waals surface area contributed by atoms with E-state index in [4.69, 9.17) is 9.72 Å². The van der Waals surface area contributed by atoms with E-state index in [0.29, 0.717) is 18.4 Å². The third-order valence-corrected chi connectivity index (χ3v) is 6.17. The molecule has 30 heavy (non-hydrogen) atoms. The zero-order valence-electron chi connectivity index (χ0n) is 18.4. The molecule has 0 fully saturated rings. The largest absolute Gasteiger partial charge is 0.469 e. The van der Waals surface area contributed by atoms with Gasteiger partial charge in [0.2, 0.25) is 0 Å². The third-order valence-electron chi connectivity index (χ3n) is 5.30. The van der Waals surface area contributed by atoms with E-state index in [9.17, 15) is 9.59 Å². The summed E-state index contributed by atoms with van der Waals surface area (Å²) in [6.07, 6.45) is 2.48. The Hall–Kier alpha value is -2.47. The van der Waals surface area contributed by atoms with Crippen LogP contribution in [0.2, 0.25) is 0 Å². The zero-order valence-corrected chi connectivity index (χ0v) is 19.3. The Balaban J connectivity index is 2.04. The topological polar surface area (TPSA) is 61.2 Å². The fraction of sp³-hybridized carbons (Fsp3) is 0.458. The summed E-state index contributed by atoms with van der Waals surface area (Å²) in [7, 11) is 1.38. The number of hydrogen-bond acceptors (Lipinski definition) is 5. The number of aromatic nitrogens is 2. The maximum absolute atomic E-state index is 13.5. The molecule has 0 aliphatic rings. The van der Waals surface area contributed by atoms with Gasteiger partial charge in [-0.3, -0.25) is 14.2 Å². The van der Waals surface area contributed by atoms with Gasteiger partial charge in [-0.05, 0) is 29.4 Å². The minimum Gasteiger partial charge on any atom is -0.469 e. The van der Waals surface area contributed by atoms with Crippen LogP contribution in [0.1, 0.15) is 58.3 Å². The second kappa shape index (κ2) is 9.13. The number of thiophene rings is 1. The van der Waals surface area contributed by atoms with Crippen LogP contribution < -0.4 is 5.56 Å². The van der Waals surface area contributed by atoms with Gasteiger partial charge in [0.15, 0.2) is 0 Å². The van der Waals surface area contributed by atoms with Crippen LogP contribution in [0.3, 0.4) is 0 Å². The first kappa shape index (κ1) is 22.2. The molecule has 0 bridgehead atoms. The minimum absolute atomic E-state index is 0.0236. The number of carbonyl (C=O) groups excluding carboxylic acids is 1. The molecule has 3 rings (SSSR count). The molecule has 0 radical (unpaired) electrons. The maximum Gasteiger partial charge on any atom is 0.305 e. The van der Waals surface area contributed by atoms with Crippen molar-refractivity contribution in [1.29, 1.82) is 0 Å². The van der Waals surface area contributed by atoms with Gasteiger partial charge in [-0.25, -0.2) is 4.98 Å². The second-order valence-electron chi connectivity index (χ2n) is 8.57. The quantitative estimate of drug-likeness (QED) is 0.479. The molecular formula is C24H30N2O3S. The van der Waals surface area contributed by atoms with Gasteiger partial charge in [-0.15, -0.1) is 11.3 Å². The molecular weight excluding hydrogens is 396 g/mol. The van der Waals surface area contributed by atoms with Gasteiger partial charge in [0.1, 0.15) is 10.7 Å². The highest BCUT2D eigenvalue weighted by Gasteiger charge is 2.18. The molecule has 0 atom stereocenters. The first-order valence-electron chi connectivity index (χ1n) is 10.4. The van der Waals surface area contributed by atoms with Crippen molar-refractivity contribution < 1.29 is 9.53 Å². The van der Waals surface area contributed by atoms with Crippen LogP contribution in [0.25, 0.3) is 21.3 Å². The summed E-state index contributed by atoms with van der Waals surface area (Å²) in [5.41, 5.74) is 3.27. The SMILES string of the molecule is CCCc1nc2scc(-c3ccc(C(C)(C)C)cc3)c2c(=O)n1CCCC(=O)OC. The van der Waals surface area contributed by atoms with Crippen LogP contribution in [-0.2, 0) is 27.9 Å². The molecule has 0 spiro atoms. The van der Waals surface area contributed by atoms with Crippen LogP contribution in [0.4, 0.5) is 0 Å². The van der Waals surface area contributed by atoms with Crippen LogP contribution in [0.5, 0.6) is 0 Å². The summed E-state index contributed by atoms with van der Waals surface area (Å²) in [5.74, 6) is 0.528. The number of fused-ring (bicyclic) bond motifs is 1. The molecule has 0 aliphatic carbocycles. The molecule has 0 unspecified atom stereocenters. The van der Waals surface area contributed by atoms with Crippen molar-refractivity contribution >= 4 is 27.5 Å². The lowest BCUT2D eigenvalue weighted by Crippen LogP contribution is -2.25. The number of benzene rings is 1. The van der Waals surface area contributed by atoms with Crippen molar-refractivity contribution in [3.8, 4) is 11.1 Å². The summed E-state index contributed by atoms with van der Waals surface area (Å²) in [6, 6.07) is 8.44. The van der Waals surface area contributed by atoms with E-state index in [1.807, 2.05) is 5.38 Å². The minimum atomic E-state index is -0.260. The van der Waals surface area contributed by atoms with Crippen molar-refractivity contribution in [2.24, 2.45) is 0 Å². The molecule has 0 aliphatic heterocycles. The molecule has 0 saturated carbocycles. The number of rotatable bonds is 7. The molecule has 5 nitrogen and oxygen atoms in total. The summed E-state index contributed by atoms with van der Waals surface area (Å²) in [6.45, 7) is 9.10. The second-order valence-corrected chi connectivity index (χ2v) is 9.43. The lowest BCUT2D eigenvalue weighted by molar-refractivity contribution is -0.140. The van der Waals surface area contributed by atoms with E-state index < -0.39 is 0 Å². The first-order valence-corrected chi connectivity index (χ1v) is 11.3. The Labute approximate surface area is 181 Å². The standard InChI is InChI=1S/C24H30N2O3S/c1-6-8-19-25-22-21(23(28)26(19)14-7-9-20(27)29-5)18(15-30-22)16-10-12-17(13-11-16)24(2,3)4/h10-13,15H,6-9,14H2,1-5H3. The van der Waals surface area contributed by atoms with Crippen LogP contribution in [0.15, 0.2) is 34.4 Å². The number of aryl methyl sites for hydroxylation is 1. The normalized spacial score (nSPS) is 11.8. The van der Waals surface area contributed by atoms with Crippen LogP contribution >= 0.6 is 11.3 Å². The molecule has 3 aromatic rings. The van der Waals surface area contributed by atoms with E-state index in [-0.39, 0.29) is 23.4 Å². The van der Waals surface area contributed by atoms with Crippen LogP contribution in [-0.4, -0.2) is 22.6 Å². The lowest BCUT2D eigenvalue weighted by atomic mass is 9.86. The molecule has 2 aromatic heterocycles. The van der Waals surface area contributed by atoms with Crippen molar-refractivity contribution in [1.82, 2.24) is 9.55 Å². The van der Waals surface area contributed by atoms with Crippen molar-refractivity contribution in [3.05, 3.63) is 51.4 Å². The van der Waals surface area contributed by atoms with Gasteiger partial charge >= 0.3 is 5.97 Å². The number of ether oxygens (including phenoxy) is 1. The van der Waals surface area contributed by atoms with Gasteiger partial charge < -0.3 is 4.74 Å². The molecule has 0 N–H and O–H groups in total. The summed E-state index contributed by atoms with van der Waals surface area (Å²) >= 11 is 1.52. The fourth-order valence-corrected chi connectivity index (χ4v) is 4.51. The van der Waals surface area contributed by atoms with Crippen molar-refractivity contribution in [2.45, 2.75) is 65.3 Å². The highest BCUT2D eigenvalue weighted by molar-refractivity contribution is 7.17. The first-order chi connectivity index (χ1) is 14.3. The van der Waals surface area contributed by atoms with E-state index in [1.165, 1.54) is 24.0 Å². The Morgan fingerprint density at radius 1 is 1.20 bits per heavy atom. The number of nitrogens with zero attached hydrogens (tertiary/aromatic N) is 2. The van der Waals surface area contributed by atoms with Crippen molar-refractivity contribution in [2.75, 3.05) is 7.11 Å². The number of carbonyl (C=O) groups is 1. The molecule has 6 heteroatoms. The maximum atomic E-state index is 13.5. The van der Waals surface area contributed by atoms with Gasteiger partial charge in [0.05, 0.1) is 12.5 Å². The summed E-state index contributed by atoms with van der Waals surface area (Å²) in [4.78, 5) is 30.5. The monoisotopic (exact) mass is 426 g/mol. The Bertz CT molecular complexity index is 1090. The molecule has 2 heterocycles. The smallest absolute Gasteiger partial charge is 0.305 e. The van der Waals surface area contributed by atoms with Crippen LogP contribution in [0, 0.1) is 0 Å². The molecule has 0 amide bonds. The zero-order chi connectivity index (χ0) is 21.9. The summed E-state index contributed by atoms with van der Waals surface area (Å²) < 4.78 is 6.47. The Morgan fingerprint density at radius 2 is 1.90 bits per heavy atom. The van der Waals surface area contributed by atoms with E-state index in [2.05, 4.69) is 52.0 Å². The Morgan fingerprint density at radius 3 is 2.50 bits per heavy atom. The average Bonchev–Trinajstić information content (AvgIpc) is 3.13. The number of esters is 1. The van der Waals surface area contributed by atoms with E-state index in [1.54, 1.807) is 4.57 Å².